The molecule has 0 saturated carbocycles. The van der Waals surface area contributed by atoms with Crippen molar-refractivity contribution >= 4 is 12.6 Å². The maximum absolute atomic E-state index is 9.23. The molecule has 0 aliphatic carbocycles. The third kappa shape index (κ3) is 3.18. The van der Waals surface area contributed by atoms with Crippen molar-refractivity contribution in [2.24, 2.45) is 0 Å². The molecule has 21 heavy (non-hydrogen) atoms. The maximum atomic E-state index is 9.23. The molecule has 4 heteroatoms. The Labute approximate surface area is 126 Å². The molecule has 2 aromatic carbocycles. The fourth-order valence-corrected chi connectivity index (χ4v) is 3.10. The SMILES string of the molecule is OB(O)c1ccc([C@H](c2ccccc2)N2CCCC2)cc1. The first-order valence-corrected chi connectivity index (χ1v) is 7.51. The van der Waals surface area contributed by atoms with Gasteiger partial charge in [0, 0.05) is 0 Å². The summed E-state index contributed by atoms with van der Waals surface area (Å²) in [5.74, 6) is 0. The largest absolute Gasteiger partial charge is 0.488 e. The van der Waals surface area contributed by atoms with Gasteiger partial charge in [0.1, 0.15) is 0 Å². The fourth-order valence-electron chi connectivity index (χ4n) is 3.10. The molecule has 1 heterocycles. The smallest absolute Gasteiger partial charge is 0.423 e. The molecule has 1 atom stereocenters. The van der Waals surface area contributed by atoms with Crippen LogP contribution >= 0.6 is 0 Å². The second kappa shape index (κ2) is 6.44. The van der Waals surface area contributed by atoms with Gasteiger partial charge in [-0.25, -0.2) is 0 Å². The van der Waals surface area contributed by atoms with Gasteiger partial charge in [-0.1, -0.05) is 54.6 Å². The lowest BCUT2D eigenvalue weighted by Gasteiger charge is -2.28. The molecule has 0 amide bonds. The summed E-state index contributed by atoms with van der Waals surface area (Å²) >= 11 is 0. The van der Waals surface area contributed by atoms with Gasteiger partial charge in [-0.05, 0) is 42.5 Å². The van der Waals surface area contributed by atoms with Gasteiger partial charge in [-0.3, -0.25) is 4.90 Å². The first-order chi connectivity index (χ1) is 10.3. The summed E-state index contributed by atoms with van der Waals surface area (Å²) in [6.07, 6.45) is 2.49. The molecule has 108 valence electrons. The Morgan fingerprint density at radius 1 is 0.810 bits per heavy atom. The molecule has 1 aliphatic heterocycles. The van der Waals surface area contributed by atoms with Crippen molar-refractivity contribution in [1.29, 1.82) is 0 Å². The van der Waals surface area contributed by atoms with Crippen LogP contribution in [0.1, 0.15) is 30.0 Å². The molecule has 1 aliphatic rings. The molecule has 0 bridgehead atoms. The Balaban J connectivity index is 1.94. The van der Waals surface area contributed by atoms with Crippen molar-refractivity contribution in [3.05, 3.63) is 65.7 Å². The van der Waals surface area contributed by atoms with Crippen LogP contribution in [0.3, 0.4) is 0 Å². The van der Waals surface area contributed by atoms with Gasteiger partial charge < -0.3 is 10.0 Å². The van der Waals surface area contributed by atoms with Gasteiger partial charge in [-0.15, -0.1) is 0 Å². The molecule has 0 unspecified atom stereocenters. The number of rotatable bonds is 4. The van der Waals surface area contributed by atoms with E-state index in [2.05, 4.69) is 29.2 Å². The van der Waals surface area contributed by atoms with Crippen LogP contribution in [-0.4, -0.2) is 35.2 Å². The maximum Gasteiger partial charge on any atom is 0.488 e. The third-order valence-electron chi connectivity index (χ3n) is 4.17. The third-order valence-corrected chi connectivity index (χ3v) is 4.17. The van der Waals surface area contributed by atoms with Crippen LogP contribution in [0, 0.1) is 0 Å². The number of hydrogen-bond donors (Lipinski definition) is 2. The minimum absolute atomic E-state index is 0.249. The van der Waals surface area contributed by atoms with Crippen molar-refractivity contribution in [2.45, 2.75) is 18.9 Å². The zero-order valence-electron chi connectivity index (χ0n) is 12.0. The summed E-state index contributed by atoms with van der Waals surface area (Å²) in [5, 5.41) is 18.5. The monoisotopic (exact) mass is 281 g/mol. The summed E-state index contributed by atoms with van der Waals surface area (Å²) in [5.41, 5.74) is 3.02. The molecule has 1 fully saturated rings. The van der Waals surface area contributed by atoms with Crippen molar-refractivity contribution in [2.75, 3.05) is 13.1 Å². The van der Waals surface area contributed by atoms with Gasteiger partial charge in [0.15, 0.2) is 0 Å². The van der Waals surface area contributed by atoms with Crippen LogP contribution in [0.4, 0.5) is 0 Å². The minimum Gasteiger partial charge on any atom is -0.423 e. The number of likely N-dealkylation sites (tertiary alicyclic amines) is 1. The summed E-state index contributed by atoms with van der Waals surface area (Å²) in [4.78, 5) is 2.50. The van der Waals surface area contributed by atoms with E-state index >= 15 is 0 Å². The lowest BCUT2D eigenvalue weighted by Crippen LogP contribution is -2.30. The predicted octanol–water partition coefficient (Wildman–Crippen LogP) is 1.55. The molecule has 0 radical (unpaired) electrons. The molecule has 1 saturated heterocycles. The average molecular weight is 281 g/mol. The fraction of sp³-hybridized carbons (Fsp3) is 0.294. The zero-order chi connectivity index (χ0) is 14.7. The summed E-state index contributed by atoms with van der Waals surface area (Å²) in [6.45, 7) is 2.23. The van der Waals surface area contributed by atoms with Crippen LogP contribution in [0.5, 0.6) is 0 Å². The van der Waals surface area contributed by atoms with Crippen molar-refractivity contribution < 1.29 is 10.0 Å². The van der Waals surface area contributed by atoms with E-state index in [1.54, 1.807) is 12.1 Å². The van der Waals surface area contributed by atoms with Crippen LogP contribution < -0.4 is 5.46 Å². The van der Waals surface area contributed by atoms with Crippen molar-refractivity contribution in [1.82, 2.24) is 4.90 Å². The number of nitrogens with zero attached hydrogens (tertiary/aromatic N) is 1. The van der Waals surface area contributed by atoms with Crippen LogP contribution in [-0.2, 0) is 0 Å². The van der Waals surface area contributed by atoms with Gasteiger partial charge in [0.25, 0.3) is 0 Å². The lowest BCUT2D eigenvalue weighted by molar-refractivity contribution is 0.281. The second-order valence-electron chi connectivity index (χ2n) is 5.60. The lowest BCUT2D eigenvalue weighted by atomic mass is 9.79. The first kappa shape index (κ1) is 14.3. The highest BCUT2D eigenvalue weighted by atomic mass is 16.4. The predicted molar refractivity (Wildman–Crippen MR) is 85.4 cm³/mol. The molecule has 0 aromatic heterocycles. The highest BCUT2D eigenvalue weighted by molar-refractivity contribution is 6.58. The Hall–Kier alpha value is -1.62. The Morgan fingerprint density at radius 3 is 1.95 bits per heavy atom. The van der Waals surface area contributed by atoms with E-state index in [9.17, 15) is 10.0 Å². The van der Waals surface area contributed by atoms with Crippen LogP contribution in [0.15, 0.2) is 54.6 Å². The first-order valence-electron chi connectivity index (χ1n) is 7.51. The summed E-state index contributed by atoms with van der Waals surface area (Å²) < 4.78 is 0. The van der Waals surface area contributed by atoms with Crippen molar-refractivity contribution in [3.8, 4) is 0 Å². The summed E-state index contributed by atoms with van der Waals surface area (Å²) in [7, 11) is -1.40. The van der Waals surface area contributed by atoms with Gasteiger partial charge in [-0.2, -0.15) is 0 Å². The van der Waals surface area contributed by atoms with E-state index in [0.717, 1.165) is 13.1 Å². The number of benzene rings is 2. The van der Waals surface area contributed by atoms with Gasteiger partial charge in [0.2, 0.25) is 0 Å². The average Bonchev–Trinajstić information content (AvgIpc) is 3.03. The van der Waals surface area contributed by atoms with E-state index in [1.807, 2.05) is 18.2 Å². The zero-order valence-corrected chi connectivity index (χ0v) is 12.0. The van der Waals surface area contributed by atoms with E-state index in [-0.39, 0.29) is 6.04 Å². The Bertz CT molecular complexity index is 565. The Kier molecular flexibility index (Phi) is 4.39. The van der Waals surface area contributed by atoms with Crippen LogP contribution in [0.25, 0.3) is 0 Å². The molecular formula is C17H20BNO2. The normalized spacial score (nSPS) is 16.9. The highest BCUT2D eigenvalue weighted by Crippen LogP contribution is 2.31. The second-order valence-corrected chi connectivity index (χ2v) is 5.60. The Morgan fingerprint density at radius 2 is 1.38 bits per heavy atom. The minimum atomic E-state index is -1.40. The quantitative estimate of drug-likeness (QED) is 0.836. The summed E-state index contributed by atoms with van der Waals surface area (Å²) in [6, 6.07) is 18.4. The standard InChI is InChI=1S/C17H20BNO2/c20-18(21)16-10-8-15(9-11-16)17(19-12-4-5-13-19)14-6-2-1-3-7-14/h1-3,6-11,17,20-21H,4-5,12-13H2/t17-/m0/s1. The molecule has 0 spiro atoms. The van der Waals surface area contributed by atoms with E-state index in [0.29, 0.717) is 5.46 Å². The van der Waals surface area contributed by atoms with Crippen LogP contribution in [0.2, 0.25) is 0 Å². The molecule has 2 N–H and O–H groups in total. The topological polar surface area (TPSA) is 43.7 Å². The molecular weight excluding hydrogens is 261 g/mol. The van der Waals surface area contributed by atoms with E-state index < -0.39 is 7.12 Å². The van der Waals surface area contributed by atoms with Gasteiger partial charge in [0.05, 0.1) is 6.04 Å². The van der Waals surface area contributed by atoms with Crippen molar-refractivity contribution in [3.63, 3.8) is 0 Å². The number of hydrogen-bond acceptors (Lipinski definition) is 3. The van der Waals surface area contributed by atoms with E-state index in [4.69, 9.17) is 0 Å². The van der Waals surface area contributed by atoms with Gasteiger partial charge >= 0.3 is 7.12 Å². The molecule has 3 nitrogen and oxygen atoms in total. The van der Waals surface area contributed by atoms with E-state index in [1.165, 1.54) is 24.0 Å². The molecule has 2 aromatic rings. The molecule has 3 rings (SSSR count). The highest BCUT2D eigenvalue weighted by Gasteiger charge is 2.25.